The summed E-state index contributed by atoms with van der Waals surface area (Å²) in [7, 11) is 0. The molecule has 1 aromatic heterocycles. The van der Waals surface area contributed by atoms with E-state index in [1.54, 1.807) is 17.3 Å². The van der Waals surface area contributed by atoms with Gasteiger partial charge in [0.25, 0.3) is 0 Å². The average molecular weight is 264 g/mol. The van der Waals surface area contributed by atoms with Crippen LogP contribution in [0.5, 0.6) is 0 Å². The summed E-state index contributed by atoms with van der Waals surface area (Å²) in [4.78, 5) is 21.6. The van der Waals surface area contributed by atoms with E-state index in [1.165, 1.54) is 0 Å². The van der Waals surface area contributed by atoms with Gasteiger partial charge in [0.15, 0.2) is 0 Å². The molecule has 104 valence electrons. The molecule has 6 nitrogen and oxygen atoms in total. The first-order valence-corrected chi connectivity index (χ1v) is 6.40. The molecule has 1 aromatic rings. The molecule has 0 spiro atoms. The molecule has 2 heterocycles. The van der Waals surface area contributed by atoms with Crippen molar-refractivity contribution in [2.75, 3.05) is 18.8 Å². The number of nitrogens with zero attached hydrogens (tertiary/aromatic N) is 3. The highest BCUT2D eigenvalue weighted by Crippen LogP contribution is 2.27. The number of carbonyl (C=O) groups is 1. The molecule has 0 bridgehead atoms. The number of anilines is 1. The van der Waals surface area contributed by atoms with E-state index in [9.17, 15) is 4.79 Å². The predicted octanol–water partition coefficient (Wildman–Crippen LogP) is 1.78. The Bertz CT molecular complexity index is 453. The van der Waals surface area contributed by atoms with Gasteiger partial charge in [0.2, 0.25) is 5.95 Å². The molecular weight excluding hydrogens is 244 g/mol. The number of hydrogen-bond acceptors (Lipinski definition) is 5. The highest BCUT2D eigenvalue weighted by Gasteiger charge is 2.30. The van der Waals surface area contributed by atoms with Crippen molar-refractivity contribution in [3.05, 3.63) is 18.0 Å². The molecular formula is C13H20N4O2. The van der Waals surface area contributed by atoms with Gasteiger partial charge in [-0.15, -0.1) is 0 Å². The number of nitrogens with two attached hydrogens (primary N) is 1. The van der Waals surface area contributed by atoms with Crippen LogP contribution in [0.4, 0.5) is 10.7 Å². The highest BCUT2D eigenvalue weighted by atomic mass is 16.6. The number of rotatable bonds is 1. The van der Waals surface area contributed by atoms with Crippen LogP contribution in [0, 0.1) is 0 Å². The lowest BCUT2D eigenvalue weighted by Gasteiger charge is -2.24. The molecule has 0 radical (unpaired) electrons. The average Bonchev–Trinajstić information content (AvgIpc) is 2.77. The van der Waals surface area contributed by atoms with E-state index in [4.69, 9.17) is 10.5 Å². The Morgan fingerprint density at radius 3 is 2.63 bits per heavy atom. The lowest BCUT2D eigenvalue weighted by atomic mass is 10.0. The number of hydrogen-bond donors (Lipinski definition) is 1. The van der Waals surface area contributed by atoms with E-state index < -0.39 is 5.60 Å². The molecule has 0 saturated carbocycles. The quantitative estimate of drug-likeness (QED) is 0.836. The summed E-state index contributed by atoms with van der Waals surface area (Å²) in [5.41, 5.74) is 6.02. The Hall–Kier alpha value is -1.85. The summed E-state index contributed by atoms with van der Waals surface area (Å²) in [6, 6.07) is 0. The van der Waals surface area contributed by atoms with Gasteiger partial charge < -0.3 is 15.4 Å². The Kier molecular flexibility index (Phi) is 3.59. The molecule has 0 aliphatic carbocycles. The topological polar surface area (TPSA) is 81.3 Å². The van der Waals surface area contributed by atoms with Crippen molar-refractivity contribution >= 4 is 12.0 Å². The fraction of sp³-hybridized carbons (Fsp3) is 0.615. The van der Waals surface area contributed by atoms with Crippen molar-refractivity contribution in [1.82, 2.24) is 14.9 Å². The fourth-order valence-corrected chi connectivity index (χ4v) is 2.08. The van der Waals surface area contributed by atoms with Gasteiger partial charge in [-0.2, -0.15) is 0 Å². The second kappa shape index (κ2) is 5.03. The molecule has 1 aliphatic heterocycles. The molecule has 2 rings (SSSR count). The molecule has 1 amide bonds. The first-order valence-electron chi connectivity index (χ1n) is 6.40. The van der Waals surface area contributed by atoms with Crippen molar-refractivity contribution < 1.29 is 9.53 Å². The van der Waals surface area contributed by atoms with Gasteiger partial charge in [0, 0.05) is 31.4 Å². The molecule has 0 aromatic carbocycles. The lowest BCUT2D eigenvalue weighted by molar-refractivity contribution is 0.0292. The maximum Gasteiger partial charge on any atom is 0.410 e. The van der Waals surface area contributed by atoms with Crippen LogP contribution >= 0.6 is 0 Å². The number of nitrogen functional groups attached to an aromatic ring is 1. The van der Waals surface area contributed by atoms with Crippen molar-refractivity contribution in [3.63, 3.8) is 0 Å². The van der Waals surface area contributed by atoms with E-state index >= 15 is 0 Å². The summed E-state index contributed by atoms with van der Waals surface area (Å²) in [5, 5.41) is 0. The van der Waals surface area contributed by atoms with Crippen LogP contribution in [0.1, 0.15) is 38.7 Å². The summed E-state index contributed by atoms with van der Waals surface area (Å²) in [6.07, 6.45) is 4.09. The van der Waals surface area contributed by atoms with Crippen LogP contribution in [0.25, 0.3) is 0 Å². The SMILES string of the molecule is CC(C)(C)OC(=O)N1CCC(c2cnc(N)nc2)C1. The predicted molar refractivity (Wildman–Crippen MR) is 71.6 cm³/mol. The standard InChI is InChI=1S/C13H20N4O2/c1-13(2,3)19-12(18)17-5-4-9(8-17)10-6-15-11(14)16-7-10/h6-7,9H,4-5,8H2,1-3H3,(H2,14,15,16). The largest absolute Gasteiger partial charge is 0.444 e. The van der Waals surface area contributed by atoms with Gasteiger partial charge >= 0.3 is 6.09 Å². The number of ether oxygens (including phenoxy) is 1. The lowest BCUT2D eigenvalue weighted by Crippen LogP contribution is -2.35. The van der Waals surface area contributed by atoms with E-state index in [0.717, 1.165) is 12.0 Å². The van der Waals surface area contributed by atoms with Crippen LogP contribution in [-0.2, 0) is 4.74 Å². The van der Waals surface area contributed by atoms with Crippen molar-refractivity contribution in [3.8, 4) is 0 Å². The Morgan fingerprint density at radius 1 is 1.42 bits per heavy atom. The Balaban J connectivity index is 1.96. The van der Waals surface area contributed by atoms with E-state index in [1.807, 2.05) is 20.8 Å². The van der Waals surface area contributed by atoms with E-state index in [2.05, 4.69) is 9.97 Å². The Labute approximate surface area is 113 Å². The number of amides is 1. The molecule has 1 fully saturated rings. The third-order valence-electron chi connectivity index (χ3n) is 3.00. The normalized spacial score (nSPS) is 19.5. The second-order valence-corrected chi connectivity index (χ2v) is 5.79. The Morgan fingerprint density at radius 2 is 2.05 bits per heavy atom. The summed E-state index contributed by atoms with van der Waals surface area (Å²) < 4.78 is 5.36. The highest BCUT2D eigenvalue weighted by molar-refractivity contribution is 5.68. The molecule has 19 heavy (non-hydrogen) atoms. The third kappa shape index (κ3) is 3.56. The van der Waals surface area contributed by atoms with Crippen LogP contribution in [-0.4, -0.2) is 39.7 Å². The van der Waals surface area contributed by atoms with Gasteiger partial charge in [-0.25, -0.2) is 14.8 Å². The first kappa shape index (κ1) is 13.6. The maximum absolute atomic E-state index is 11.9. The van der Waals surface area contributed by atoms with Crippen molar-refractivity contribution in [1.29, 1.82) is 0 Å². The minimum atomic E-state index is -0.459. The zero-order valence-electron chi connectivity index (χ0n) is 11.6. The molecule has 1 unspecified atom stereocenters. The minimum Gasteiger partial charge on any atom is -0.444 e. The van der Waals surface area contributed by atoms with Crippen LogP contribution in [0.15, 0.2) is 12.4 Å². The summed E-state index contributed by atoms with van der Waals surface area (Å²) >= 11 is 0. The van der Waals surface area contributed by atoms with E-state index in [0.29, 0.717) is 13.1 Å². The molecule has 1 aliphatic rings. The zero-order chi connectivity index (χ0) is 14.0. The first-order chi connectivity index (χ1) is 8.85. The van der Waals surface area contributed by atoms with Crippen molar-refractivity contribution in [2.45, 2.75) is 38.7 Å². The van der Waals surface area contributed by atoms with Gasteiger partial charge in [0.05, 0.1) is 0 Å². The molecule has 2 N–H and O–H groups in total. The van der Waals surface area contributed by atoms with Gasteiger partial charge in [0.1, 0.15) is 5.60 Å². The van der Waals surface area contributed by atoms with Crippen LogP contribution in [0.3, 0.4) is 0 Å². The number of carbonyl (C=O) groups excluding carboxylic acids is 1. The number of aromatic nitrogens is 2. The minimum absolute atomic E-state index is 0.258. The number of likely N-dealkylation sites (tertiary alicyclic amines) is 1. The second-order valence-electron chi connectivity index (χ2n) is 5.79. The van der Waals surface area contributed by atoms with Crippen LogP contribution in [0.2, 0.25) is 0 Å². The smallest absolute Gasteiger partial charge is 0.410 e. The maximum atomic E-state index is 11.9. The van der Waals surface area contributed by atoms with Crippen molar-refractivity contribution in [2.24, 2.45) is 0 Å². The zero-order valence-corrected chi connectivity index (χ0v) is 11.6. The van der Waals surface area contributed by atoms with Gasteiger partial charge in [-0.05, 0) is 32.8 Å². The van der Waals surface area contributed by atoms with Crippen LogP contribution < -0.4 is 5.73 Å². The third-order valence-corrected chi connectivity index (χ3v) is 3.00. The van der Waals surface area contributed by atoms with Gasteiger partial charge in [-0.1, -0.05) is 0 Å². The summed E-state index contributed by atoms with van der Waals surface area (Å²) in [5.74, 6) is 0.527. The summed E-state index contributed by atoms with van der Waals surface area (Å²) in [6.45, 7) is 6.94. The molecule has 6 heteroatoms. The fourth-order valence-electron chi connectivity index (χ4n) is 2.08. The molecule has 1 saturated heterocycles. The molecule has 1 atom stereocenters. The van der Waals surface area contributed by atoms with E-state index in [-0.39, 0.29) is 18.0 Å². The van der Waals surface area contributed by atoms with Gasteiger partial charge in [-0.3, -0.25) is 0 Å². The monoisotopic (exact) mass is 264 g/mol.